The van der Waals surface area contributed by atoms with Crippen LogP contribution in [0.4, 0.5) is 11.4 Å². The van der Waals surface area contributed by atoms with Crippen LogP contribution >= 0.6 is 0 Å². The van der Waals surface area contributed by atoms with Gasteiger partial charge in [-0.3, -0.25) is 9.69 Å². The summed E-state index contributed by atoms with van der Waals surface area (Å²) in [4.78, 5) is 29.8. The van der Waals surface area contributed by atoms with E-state index in [2.05, 4.69) is 75.4 Å². The van der Waals surface area contributed by atoms with Gasteiger partial charge in [-0.1, -0.05) is 48.5 Å². The van der Waals surface area contributed by atoms with Crippen LogP contribution in [0.5, 0.6) is 5.75 Å². The monoisotopic (exact) mass is 645 g/mol. The van der Waals surface area contributed by atoms with Crippen molar-refractivity contribution < 1.29 is 24.9 Å². The smallest absolute Gasteiger partial charge is 0.336 e. The molecule has 248 valence electrons. The molecule has 8 nitrogen and oxygen atoms in total. The second-order valence-corrected chi connectivity index (χ2v) is 13.7. The number of carbonyl (C=O) groups excluding carboxylic acids is 1. The Labute approximate surface area is 281 Å². The fourth-order valence-corrected chi connectivity index (χ4v) is 8.13. The normalized spacial score (nSPS) is 21.0. The average Bonchev–Trinajstić information content (AvgIpc) is 3.11. The maximum atomic E-state index is 11.5. The van der Waals surface area contributed by atoms with Crippen molar-refractivity contribution in [2.75, 3.05) is 55.6 Å². The number of rotatable bonds is 8. The maximum Gasteiger partial charge on any atom is 0.336 e. The first-order chi connectivity index (χ1) is 23.3. The molecule has 7 rings (SSSR count). The van der Waals surface area contributed by atoms with Crippen LogP contribution in [0.25, 0.3) is 0 Å². The van der Waals surface area contributed by atoms with Gasteiger partial charge in [-0.05, 0) is 96.3 Å². The first-order valence-corrected chi connectivity index (χ1v) is 17.0. The molecule has 2 atom stereocenters. The first-order valence-electron chi connectivity index (χ1n) is 17.0. The number of aryl methyl sites for hydroxylation is 1. The van der Waals surface area contributed by atoms with Gasteiger partial charge < -0.3 is 25.1 Å². The topological polar surface area (TPSA) is 105 Å². The minimum atomic E-state index is -1.11. The third kappa shape index (κ3) is 6.55. The number of piperazine rings is 1. The lowest BCUT2D eigenvalue weighted by Gasteiger charge is -2.44. The van der Waals surface area contributed by atoms with E-state index in [1.54, 1.807) is 12.1 Å². The Bertz CT molecular complexity index is 1760. The van der Waals surface area contributed by atoms with Crippen LogP contribution in [-0.2, 0) is 6.42 Å². The summed E-state index contributed by atoms with van der Waals surface area (Å²) in [6.07, 6.45) is 3.81. The van der Waals surface area contributed by atoms with Crippen molar-refractivity contribution in [3.63, 3.8) is 0 Å². The number of nitrogens with zero attached hydrogens (tertiary/aromatic N) is 3. The largest absolute Gasteiger partial charge is 0.508 e. The Morgan fingerprint density at radius 1 is 0.792 bits per heavy atom. The van der Waals surface area contributed by atoms with Crippen molar-refractivity contribution in [1.82, 2.24) is 4.90 Å². The SMILES string of the molecule is O=Cc1cc(N2CCC(O)(CN3CCN(c4ccc(C5c6ccc(O)cc6CC[C@@H]5c5ccccc5)cc4)CC3)CC2)ccc1C(=O)O. The van der Waals surface area contributed by atoms with Gasteiger partial charge in [0.05, 0.1) is 11.2 Å². The van der Waals surface area contributed by atoms with Gasteiger partial charge in [0.2, 0.25) is 0 Å². The minimum Gasteiger partial charge on any atom is -0.508 e. The number of piperidine rings is 1. The van der Waals surface area contributed by atoms with Gasteiger partial charge in [0.15, 0.2) is 6.29 Å². The van der Waals surface area contributed by atoms with Crippen molar-refractivity contribution in [1.29, 1.82) is 0 Å². The van der Waals surface area contributed by atoms with Crippen LogP contribution in [0.1, 0.15) is 74.1 Å². The second-order valence-electron chi connectivity index (χ2n) is 13.7. The molecule has 0 aromatic heterocycles. The highest BCUT2D eigenvalue weighted by Crippen LogP contribution is 2.47. The summed E-state index contributed by atoms with van der Waals surface area (Å²) in [7, 11) is 0. The summed E-state index contributed by atoms with van der Waals surface area (Å²) in [6, 6.07) is 30.6. The molecule has 0 amide bonds. The average molecular weight is 646 g/mol. The zero-order valence-electron chi connectivity index (χ0n) is 27.2. The van der Waals surface area contributed by atoms with Crippen LogP contribution in [0, 0.1) is 0 Å². The van der Waals surface area contributed by atoms with Crippen molar-refractivity contribution in [2.24, 2.45) is 0 Å². The standard InChI is InChI=1S/C40H43N3O5/c44-26-31-24-33(11-14-37(31)39(46)47)42-18-16-40(48,17-19-42)27-41-20-22-43(23-21-41)32-9-6-29(7-10-32)38-35(28-4-2-1-3-5-28)13-8-30-25-34(45)12-15-36(30)38/h1-7,9-12,14-15,24-26,35,38,45,48H,8,13,16-23,27H2,(H,46,47)/t35-,38?/m1/s1. The second kappa shape index (κ2) is 13.5. The van der Waals surface area contributed by atoms with Crippen LogP contribution in [0.2, 0.25) is 0 Å². The number of aliphatic hydroxyl groups is 1. The lowest BCUT2D eigenvalue weighted by Crippen LogP contribution is -2.55. The van der Waals surface area contributed by atoms with Gasteiger partial charge >= 0.3 is 5.97 Å². The van der Waals surface area contributed by atoms with Crippen LogP contribution in [0.3, 0.4) is 0 Å². The summed E-state index contributed by atoms with van der Waals surface area (Å²) >= 11 is 0. The van der Waals surface area contributed by atoms with Gasteiger partial charge in [-0.2, -0.15) is 0 Å². The highest BCUT2D eigenvalue weighted by Gasteiger charge is 2.36. The van der Waals surface area contributed by atoms with E-state index in [0.29, 0.717) is 50.4 Å². The predicted octanol–water partition coefficient (Wildman–Crippen LogP) is 5.92. The number of carboxylic acid groups (broad SMARTS) is 1. The fraction of sp³-hybridized carbons (Fsp3) is 0.350. The number of phenolic OH excluding ortho intramolecular Hbond substituents is 1. The highest BCUT2D eigenvalue weighted by atomic mass is 16.4. The number of hydrogen-bond acceptors (Lipinski definition) is 7. The molecule has 4 aromatic carbocycles. The van der Waals surface area contributed by atoms with Gasteiger partial charge in [0, 0.05) is 68.7 Å². The van der Waals surface area contributed by atoms with E-state index in [1.807, 2.05) is 12.1 Å². The molecular weight excluding hydrogens is 602 g/mol. The molecule has 2 saturated heterocycles. The Morgan fingerprint density at radius 3 is 2.17 bits per heavy atom. The van der Waals surface area contributed by atoms with E-state index in [-0.39, 0.29) is 17.0 Å². The Hall–Kier alpha value is -4.66. The van der Waals surface area contributed by atoms with Crippen molar-refractivity contribution >= 4 is 23.6 Å². The number of phenols is 1. The quantitative estimate of drug-likeness (QED) is 0.203. The number of anilines is 2. The Kier molecular flexibility index (Phi) is 8.94. The fourth-order valence-electron chi connectivity index (χ4n) is 8.13. The molecule has 2 fully saturated rings. The van der Waals surface area contributed by atoms with Gasteiger partial charge in [0.1, 0.15) is 5.75 Å². The van der Waals surface area contributed by atoms with Crippen LogP contribution in [0.15, 0.2) is 91.0 Å². The molecule has 1 unspecified atom stereocenters. The van der Waals surface area contributed by atoms with E-state index in [0.717, 1.165) is 44.7 Å². The third-order valence-electron chi connectivity index (χ3n) is 10.8. The van der Waals surface area contributed by atoms with E-state index in [4.69, 9.17) is 0 Å². The third-order valence-corrected chi connectivity index (χ3v) is 10.8. The van der Waals surface area contributed by atoms with E-state index < -0.39 is 11.6 Å². The number of aromatic carboxylic acids is 1. The number of β-amino-alcohol motifs (C(OH)–C–C–N with tert-alkyl or cyclic N) is 1. The molecule has 3 aliphatic rings. The van der Waals surface area contributed by atoms with Gasteiger partial charge in [-0.25, -0.2) is 4.79 Å². The molecule has 1 aliphatic carbocycles. The molecule has 0 bridgehead atoms. The van der Waals surface area contributed by atoms with Gasteiger partial charge in [0.25, 0.3) is 0 Å². The van der Waals surface area contributed by atoms with Crippen molar-refractivity contribution in [3.8, 4) is 5.75 Å². The molecule has 8 heteroatoms. The summed E-state index contributed by atoms with van der Waals surface area (Å²) in [5, 5.41) is 31.0. The number of aromatic hydroxyl groups is 1. The molecule has 2 heterocycles. The molecule has 4 aromatic rings. The maximum absolute atomic E-state index is 11.5. The molecule has 48 heavy (non-hydrogen) atoms. The highest BCUT2D eigenvalue weighted by molar-refractivity contribution is 5.98. The molecule has 3 N–H and O–H groups in total. The number of aldehydes is 1. The number of hydrogen-bond donors (Lipinski definition) is 3. The van der Waals surface area contributed by atoms with E-state index in [1.165, 1.54) is 34.0 Å². The van der Waals surface area contributed by atoms with Crippen molar-refractivity contribution in [2.45, 2.75) is 43.1 Å². The Balaban J connectivity index is 0.970. The number of carbonyl (C=O) groups is 2. The lowest BCUT2D eigenvalue weighted by atomic mass is 9.69. The molecule has 2 aliphatic heterocycles. The number of carboxylic acids is 1. The van der Waals surface area contributed by atoms with Crippen LogP contribution < -0.4 is 9.80 Å². The van der Waals surface area contributed by atoms with E-state index >= 15 is 0 Å². The molecule has 0 saturated carbocycles. The summed E-state index contributed by atoms with van der Waals surface area (Å²) in [5.41, 5.74) is 6.62. The number of benzene rings is 4. The lowest BCUT2D eigenvalue weighted by molar-refractivity contribution is -0.0173. The summed E-state index contributed by atoms with van der Waals surface area (Å²) < 4.78 is 0. The van der Waals surface area contributed by atoms with E-state index in [9.17, 15) is 24.9 Å². The number of fused-ring (bicyclic) bond motifs is 1. The summed E-state index contributed by atoms with van der Waals surface area (Å²) in [6.45, 7) is 5.46. The molecule has 0 radical (unpaired) electrons. The minimum absolute atomic E-state index is 0.00550. The zero-order valence-corrected chi connectivity index (χ0v) is 27.2. The van der Waals surface area contributed by atoms with Crippen molar-refractivity contribution in [3.05, 3.63) is 124 Å². The van der Waals surface area contributed by atoms with Gasteiger partial charge in [-0.15, -0.1) is 0 Å². The zero-order chi connectivity index (χ0) is 33.3. The van der Waals surface area contributed by atoms with Crippen LogP contribution in [-0.4, -0.2) is 83.9 Å². The molecule has 0 spiro atoms. The first kappa shape index (κ1) is 31.9. The summed E-state index contributed by atoms with van der Waals surface area (Å²) in [5.74, 6) is -0.178. The predicted molar refractivity (Wildman–Crippen MR) is 188 cm³/mol. The Morgan fingerprint density at radius 2 is 1.48 bits per heavy atom. The molecular formula is C40H43N3O5.